The van der Waals surface area contributed by atoms with Gasteiger partial charge in [0.1, 0.15) is 4.88 Å². The number of primary amides is 1. The first kappa shape index (κ1) is 16.0. The normalized spacial score (nSPS) is 17.5. The highest BCUT2D eigenvalue weighted by molar-refractivity contribution is 8.00. The van der Waals surface area contributed by atoms with Gasteiger partial charge in [-0.05, 0) is 13.8 Å². The largest absolute Gasteiger partial charge is 0.367 e. The molecule has 2 N–H and O–H groups in total. The van der Waals surface area contributed by atoms with Gasteiger partial charge < -0.3 is 10.6 Å². The van der Waals surface area contributed by atoms with E-state index in [9.17, 15) is 9.59 Å². The zero-order chi connectivity index (χ0) is 16.6. The van der Waals surface area contributed by atoms with Gasteiger partial charge >= 0.3 is 0 Å². The molecule has 0 saturated carbocycles. The highest BCUT2D eigenvalue weighted by atomic mass is 32.2. The maximum absolute atomic E-state index is 12.9. The van der Waals surface area contributed by atoms with Crippen LogP contribution in [0.2, 0.25) is 0 Å². The minimum Gasteiger partial charge on any atom is -0.367 e. The summed E-state index contributed by atoms with van der Waals surface area (Å²) in [6.07, 6.45) is 0. The number of nitrogens with zero attached hydrogens (tertiary/aromatic N) is 2. The van der Waals surface area contributed by atoms with E-state index in [0.29, 0.717) is 17.1 Å². The van der Waals surface area contributed by atoms with E-state index in [1.807, 2.05) is 38.1 Å². The second-order valence-corrected chi connectivity index (χ2v) is 7.79. The summed E-state index contributed by atoms with van der Waals surface area (Å²) < 4.78 is 0. The molecule has 2 heterocycles. The van der Waals surface area contributed by atoms with E-state index < -0.39 is 11.3 Å². The summed E-state index contributed by atoms with van der Waals surface area (Å²) in [4.78, 5) is 31.1. The predicted octanol–water partition coefficient (Wildman–Crippen LogP) is 2.43. The van der Waals surface area contributed by atoms with Gasteiger partial charge in [-0.3, -0.25) is 9.59 Å². The fourth-order valence-electron chi connectivity index (χ4n) is 2.52. The second kappa shape index (κ2) is 6.33. The fraction of sp³-hybridized carbons (Fsp3) is 0.312. The molecule has 2 aromatic rings. The third kappa shape index (κ3) is 3.11. The molecule has 1 fully saturated rings. The Morgan fingerprint density at radius 2 is 1.96 bits per heavy atom. The molecule has 0 aliphatic carbocycles. The Kier molecular flexibility index (Phi) is 4.41. The molecule has 1 aromatic heterocycles. The summed E-state index contributed by atoms with van der Waals surface area (Å²) in [6.45, 7) is 4.42. The number of rotatable bonds is 3. The standard InChI is InChI=1S/C16H17N3O2S2/c1-9-3-5-11(6-4-9)12-13(23-10(2)18-12)15(21)19-7-8-22-16(19)14(17)20/h3-6,16H,7-8H2,1-2H3,(H2,17,20). The Bertz CT molecular complexity index is 755. The van der Waals surface area contributed by atoms with Crippen LogP contribution in [0.15, 0.2) is 24.3 Å². The monoisotopic (exact) mass is 347 g/mol. The summed E-state index contributed by atoms with van der Waals surface area (Å²) >= 11 is 2.77. The van der Waals surface area contributed by atoms with Gasteiger partial charge in [-0.1, -0.05) is 29.8 Å². The smallest absolute Gasteiger partial charge is 0.267 e. The molecule has 0 radical (unpaired) electrons. The van der Waals surface area contributed by atoms with Gasteiger partial charge in [-0.2, -0.15) is 0 Å². The molecule has 1 unspecified atom stereocenters. The lowest BCUT2D eigenvalue weighted by atomic mass is 10.1. The Balaban J connectivity index is 1.98. The summed E-state index contributed by atoms with van der Waals surface area (Å²) in [5.41, 5.74) is 8.15. The fourth-order valence-corrected chi connectivity index (χ4v) is 4.49. The number of carbonyl (C=O) groups excluding carboxylic acids is 2. The van der Waals surface area contributed by atoms with Crippen molar-refractivity contribution in [3.8, 4) is 11.3 Å². The summed E-state index contributed by atoms with van der Waals surface area (Å²) in [7, 11) is 0. The van der Waals surface area contributed by atoms with E-state index >= 15 is 0 Å². The molecule has 23 heavy (non-hydrogen) atoms. The number of benzene rings is 1. The van der Waals surface area contributed by atoms with Crippen LogP contribution in [0.5, 0.6) is 0 Å². The van der Waals surface area contributed by atoms with Crippen LogP contribution in [0.4, 0.5) is 0 Å². The molecule has 1 aliphatic rings. The maximum Gasteiger partial charge on any atom is 0.267 e. The van der Waals surface area contributed by atoms with E-state index in [4.69, 9.17) is 5.73 Å². The van der Waals surface area contributed by atoms with Crippen LogP contribution in [0.25, 0.3) is 11.3 Å². The van der Waals surface area contributed by atoms with Crippen molar-refractivity contribution in [1.82, 2.24) is 9.88 Å². The van der Waals surface area contributed by atoms with Crippen LogP contribution in [0.3, 0.4) is 0 Å². The van der Waals surface area contributed by atoms with Crippen LogP contribution in [-0.4, -0.2) is 39.4 Å². The van der Waals surface area contributed by atoms with Gasteiger partial charge in [-0.25, -0.2) is 4.98 Å². The topological polar surface area (TPSA) is 76.3 Å². The Labute approximate surface area is 142 Å². The molecular formula is C16H17N3O2S2. The first-order valence-electron chi connectivity index (χ1n) is 7.23. The van der Waals surface area contributed by atoms with Crippen LogP contribution in [-0.2, 0) is 4.79 Å². The molecule has 2 amide bonds. The Morgan fingerprint density at radius 1 is 1.26 bits per heavy atom. The number of carbonyl (C=O) groups is 2. The number of thiazole rings is 1. The van der Waals surface area contributed by atoms with Crippen molar-refractivity contribution >= 4 is 34.9 Å². The average molecular weight is 347 g/mol. The number of nitrogens with two attached hydrogens (primary N) is 1. The number of amides is 2. The van der Waals surface area contributed by atoms with Crippen molar-refractivity contribution in [2.24, 2.45) is 5.73 Å². The molecule has 1 aliphatic heterocycles. The highest BCUT2D eigenvalue weighted by Gasteiger charge is 2.35. The molecular weight excluding hydrogens is 330 g/mol. The van der Waals surface area contributed by atoms with Crippen molar-refractivity contribution in [2.75, 3.05) is 12.3 Å². The zero-order valence-electron chi connectivity index (χ0n) is 12.9. The van der Waals surface area contributed by atoms with Crippen LogP contribution in [0, 0.1) is 13.8 Å². The lowest BCUT2D eigenvalue weighted by molar-refractivity contribution is -0.119. The van der Waals surface area contributed by atoms with Gasteiger partial charge in [0, 0.05) is 17.9 Å². The average Bonchev–Trinajstić information content (AvgIpc) is 3.14. The first-order chi connectivity index (χ1) is 11.0. The molecule has 3 rings (SSSR count). The first-order valence-corrected chi connectivity index (χ1v) is 9.10. The molecule has 1 saturated heterocycles. The van der Waals surface area contributed by atoms with Crippen LogP contribution < -0.4 is 5.73 Å². The molecule has 5 nitrogen and oxygen atoms in total. The lowest BCUT2D eigenvalue weighted by Crippen LogP contribution is -2.42. The summed E-state index contributed by atoms with van der Waals surface area (Å²) in [5.74, 6) is 0.0794. The van der Waals surface area contributed by atoms with E-state index in [-0.39, 0.29) is 5.91 Å². The zero-order valence-corrected chi connectivity index (χ0v) is 14.5. The molecule has 1 aromatic carbocycles. The van der Waals surface area contributed by atoms with Gasteiger partial charge in [0.25, 0.3) is 11.8 Å². The number of aryl methyl sites for hydroxylation is 2. The van der Waals surface area contributed by atoms with E-state index in [0.717, 1.165) is 21.9 Å². The van der Waals surface area contributed by atoms with Crippen LogP contribution in [0.1, 0.15) is 20.2 Å². The van der Waals surface area contributed by atoms with Gasteiger partial charge in [0.15, 0.2) is 5.37 Å². The van der Waals surface area contributed by atoms with Gasteiger partial charge in [0.05, 0.1) is 10.7 Å². The highest BCUT2D eigenvalue weighted by Crippen LogP contribution is 2.32. The number of hydrogen-bond donors (Lipinski definition) is 1. The van der Waals surface area contributed by atoms with Gasteiger partial charge in [-0.15, -0.1) is 23.1 Å². The SMILES string of the molecule is Cc1ccc(-c2nc(C)sc2C(=O)N2CCSC2C(N)=O)cc1. The molecule has 120 valence electrons. The van der Waals surface area contributed by atoms with E-state index in [2.05, 4.69) is 4.98 Å². The van der Waals surface area contributed by atoms with Crippen molar-refractivity contribution < 1.29 is 9.59 Å². The minimum atomic E-state index is -0.587. The maximum atomic E-state index is 12.9. The molecule has 7 heteroatoms. The minimum absolute atomic E-state index is 0.167. The van der Waals surface area contributed by atoms with Crippen molar-refractivity contribution in [3.05, 3.63) is 39.7 Å². The Morgan fingerprint density at radius 3 is 2.61 bits per heavy atom. The number of aromatic nitrogens is 1. The van der Waals surface area contributed by atoms with Crippen molar-refractivity contribution in [2.45, 2.75) is 19.2 Å². The van der Waals surface area contributed by atoms with Crippen molar-refractivity contribution in [3.63, 3.8) is 0 Å². The van der Waals surface area contributed by atoms with Crippen LogP contribution >= 0.6 is 23.1 Å². The van der Waals surface area contributed by atoms with E-state index in [1.54, 1.807) is 4.90 Å². The number of hydrogen-bond acceptors (Lipinski definition) is 5. The summed E-state index contributed by atoms with van der Waals surface area (Å²) in [6, 6.07) is 7.92. The quantitative estimate of drug-likeness (QED) is 0.925. The van der Waals surface area contributed by atoms with E-state index in [1.165, 1.54) is 23.1 Å². The lowest BCUT2D eigenvalue weighted by Gasteiger charge is -2.20. The van der Waals surface area contributed by atoms with Crippen molar-refractivity contribution in [1.29, 1.82) is 0 Å². The molecule has 0 bridgehead atoms. The third-order valence-corrected chi connectivity index (χ3v) is 5.83. The Hall–Kier alpha value is -1.86. The third-order valence-electron chi connectivity index (χ3n) is 3.65. The number of thioether (sulfide) groups is 1. The van der Waals surface area contributed by atoms with Gasteiger partial charge in [0.2, 0.25) is 0 Å². The predicted molar refractivity (Wildman–Crippen MR) is 93.5 cm³/mol. The molecule has 1 atom stereocenters. The second-order valence-electron chi connectivity index (χ2n) is 5.40. The summed E-state index contributed by atoms with van der Waals surface area (Å²) in [5, 5.41) is 0.238. The molecule has 0 spiro atoms.